The summed E-state index contributed by atoms with van der Waals surface area (Å²) in [6.07, 6.45) is 15.2. The number of carbonyl (C=O) groups excluding carboxylic acids is 1. The quantitative estimate of drug-likeness (QED) is 0.227. The zero-order valence-electron chi connectivity index (χ0n) is 21.3. The number of aromatic nitrogens is 2. The van der Waals surface area contributed by atoms with Gasteiger partial charge in [-0.3, -0.25) is 4.79 Å². The van der Waals surface area contributed by atoms with Gasteiger partial charge in [-0.05, 0) is 56.2 Å². The zero-order chi connectivity index (χ0) is 24.8. The molecule has 0 amide bonds. The number of nitrogens with two attached hydrogens (primary N) is 1. The van der Waals surface area contributed by atoms with E-state index in [4.69, 9.17) is 10.2 Å². The summed E-state index contributed by atoms with van der Waals surface area (Å²) in [7, 11) is 0. The first kappa shape index (κ1) is 31.5. The van der Waals surface area contributed by atoms with Crippen LogP contribution in [0, 0.1) is 11.8 Å². The van der Waals surface area contributed by atoms with Crippen molar-refractivity contribution in [1.29, 1.82) is 0 Å². The van der Waals surface area contributed by atoms with Gasteiger partial charge in [-0.15, -0.1) is 6.58 Å². The van der Waals surface area contributed by atoms with Crippen molar-refractivity contribution in [3.63, 3.8) is 0 Å². The second kappa shape index (κ2) is 21.5. The summed E-state index contributed by atoms with van der Waals surface area (Å²) in [4.78, 5) is 18.2. The van der Waals surface area contributed by atoms with E-state index in [1.54, 1.807) is 12.1 Å². The molecule has 32 heavy (non-hydrogen) atoms. The highest BCUT2D eigenvalue weighted by molar-refractivity contribution is 5.74. The van der Waals surface area contributed by atoms with Gasteiger partial charge in [0.15, 0.2) is 12.0 Å². The minimum absolute atomic E-state index is 0.0565. The van der Waals surface area contributed by atoms with Gasteiger partial charge in [0.05, 0.1) is 6.26 Å². The van der Waals surface area contributed by atoms with Gasteiger partial charge in [-0.2, -0.15) is 0 Å². The van der Waals surface area contributed by atoms with Gasteiger partial charge in [0.2, 0.25) is 5.95 Å². The molecule has 2 atom stereocenters. The smallest absolute Gasteiger partial charge is 0.221 e. The molecule has 0 fully saturated rings. The first-order chi connectivity index (χ1) is 15.5. The first-order valence-corrected chi connectivity index (χ1v) is 11.9. The van der Waals surface area contributed by atoms with Crippen LogP contribution in [-0.2, 0) is 0 Å². The maximum absolute atomic E-state index is 10.5. The summed E-state index contributed by atoms with van der Waals surface area (Å²) in [6, 6.07) is 4.98. The molecule has 0 aromatic carbocycles. The summed E-state index contributed by atoms with van der Waals surface area (Å²) in [5.41, 5.74) is 6.16. The highest BCUT2D eigenvalue weighted by Gasteiger charge is 2.12. The number of furan rings is 1. The third-order valence-corrected chi connectivity index (χ3v) is 4.61. The minimum atomic E-state index is 0.0565. The first-order valence-electron chi connectivity index (χ1n) is 11.9. The van der Waals surface area contributed by atoms with E-state index in [1.165, 1.54) is 44.4 Å². The number of hydrogen-bond acceptors (Lipinski definition) is 5. The largest absolute Gasteiger partial charge is 0.463 e. The average molecular weight is 444 g/mol. The highest BCUT2D eigenvalue weighted by atomic mass is 16.3. The van der Waals surface area contributed by atoms with Gasteiger partial charge < -0.3 is 10.2 Å². The predicted octanol–water partition coefficient (Wildman–Crippen LogP) is 8.15. The van der Waals surface area contributed by atoms with Crippen molar-refractivity contribution in [1.82, 2.24) is 9.97 Å². The number of anilines is 1. The molecule has 5 heteroatoms. The molecular weight excluding hydrogens is 398 g/mol. The van der Waals surface area contributed by atoms with E-state index in [-0.39, 0.29) is 11.6 Å². The molecule has 0 aliphatic rings. The van der Waals surface area contributed by atoms with Crippen LogP contribution in [0.3, 0.4) is 0 Å². The molecule has 0 saturated carbocycles. The van der Waals surface area contributed by atoms with Crippen LogP contribution < -0.4 is 5.73 Å². The number of carbonyl (C=O) groups is 1. The molecule has 2 N–H and O–H groups in total. The van der Waals surface area contributed by atoms with Crippen LogP contribution in [0.4, 0.5) is 5.95 Å². The predicted molar refractivity (Wildman–Crippen MR) is 139 cm³/mol. The van der Waals surface area contributed by atoms with Crippen molar-refractivity contribution >= 4 is 12.2 Å². The Morgan fingerprint density at radius 1 is 1.19 bits per heavy atom. The van der Waals surface area contributed by atoms with E-state index in [2.05, 4.69) is 55.5 Å². The molecule has 2 rings (SSSR count). The highest BCUT2D eigenvalue weighted by Crippen LogP contribution is 2.24. The van der Waals surface area contributed by atoms with Crippen molar-refractivity contribution in [2.45, 2.75) is 80.6 Å². The van der Waals surface area contributed by atoms with Crippen LogP contribution in [-0.4, -0.2) is 16.3 Å². The number of allylic oxidation sites excluding steroid dienone is 3. The number of rotatable bonds is 10. The maximum atomic E-state index is 10.5. The molecule has 0 saturated heterocycles. The molecule has 2 heterocycles. The van der Waals surface area contributed by atoms with E-state index in [1.807, 2.05) is 27.7 Å². The second-order valence-corrected chi connectivity index (χ2v) is 6.77. The summed E-state index contributed by atoms with van der Waals surface area (Å²) in [5, 5.41) is 0. The summed E-state index contributed by atoms with van der Waals surface area (Å²) in [5.74, 6) is 2.14. The van der Waals surface area contributed by atoms with Gasteiger partial charge >= 0.3 is 0 Å². The van der Waals surface area contributed by atoms with Gasteiger partial charge in [0.25, 0.3) is 0 Å². The van der Waals surface area contributed by atoms with Crippen molar-refractivity contribution in [3.8, 4) is 11.5 Å². The molecule has 0 bridgehead atoms. The Labute approximate surface area is 196 Å². The lowest BCUT2D eigenvalue weighted by molar-refractivity contribution is 0.111. The SMILES string of the molecule is C=CC(C)[C@@H](CCC)CCC/C=C\C.CC.CC.Nc1nc(C=O)cc(-c2ccco2)n1. The van der Waals surface area contributed by atoms with Crippen LogP contribution in [0.15, 0.2) is 53.7 Å². The summed E-state index contributed by atoms with van der Waals surface area (Å²) in [6.45, 7) is 18.6. The van der Waals surface area contributed by atoms with Crippen LogP contribution in [0.1, 0.15) is 91.1 Å². The lowest BCUT2D eigenvalue weighted by Gasteiger charge is -2.20. The van der Waals surface area contributed by atoms with Crippen LogP contribution in [0.5, 0.6) is 0 Å². The van der Waals surface area contributed by atoms with Gasteiger partial charge in [-0.1, -0.05) is 72.6 Å². The van der Waals surface area contributed by atoms with Gasteiger partial charge in [-0.25, -0.2) is 9.97 Å². The molecule has 2 aromatic heterocycles. The van der Waals surface area contributed by atoms with Crippen molar-refractivity contribution in [2.75, 3.05) is 5.73 Å². The number of nitrogen functional groups attached to an aromatic ring is 1. The van der Waals surface area contributed by atoms with Gasteiger partial charge in [0, 0.05) is 0 Å². The molecule has 2 aromatic rings. The molecular formula is C27H45N3O2. The van der Waals surface area contributed by atoms with Crippen molar-refractivity contribution in [2.24, 2.45) is 11.8 Å². The van der Waals surface area contributed by atoms with Crippen molar-refractivity contribution < 1.29 is 9.21 Å². The van der Waals surface area contributed by atoms with Crippen molar-refractivity contribution in [3.05, 3.63) is 55.0 Å². The standard InChI is InChI=1S/C14H26.C9H7N3O2.2C2H6/c1-5-8-9-10-12-14(11-6-2)13(4)7-3;10-9-11-6(5-13)4-7(12-9)8-2-1-3-14-8;2*1-2/h5,7-8,13-14H,3,6,9-12H2,1-2,4H3;1-5H,(H2,10,11,12);2*1-2H3/b8-5-;;;/t13?,14-;;;/m0.../s1. The topological polar surface area (TPSA) is 82.0 Å². The Hall–Kier alpha value is -2.69. The molecule has 0 radical (unpaired) electrons. The van der Waals surface area contributed by atoms with E-state index in [9.17, 15) is 4.79 Å². The number of hydrogen-bond donors (Lipinski definition) is 1. The maximum Gasteiger partial charge on any atom is 0.221 e. The Morgan fingerprint density at radius 3 is 2.38 bits per heavy atom. The number of aldehydes is 1. The Morgan fingerprint density at radius 2 is 1.88 bits per heavy atom. The third kappa shape index (κ3) is 13.6. The monoisotopic (exact) mass is 443 g/mol. The molecule has 1 unspecified atom stereocenters. The zero-order valence-corrected chi connectivity index (χ0v) is 21.3. The molecule has 0 spiro atoms. The summed E-state index contributed by atoms with van der Waals surface area (Å²) < 4.78 is 5.11. The number of unbranched alkanes of at least 4 members (excludes halogenated alkanes) is 1. The van der Waals surface area contributed by atoms with E-state index in [0.29, 0.717) is 23.7 Å². The fraction of sp³-hybridized carbons (Fsp3) is 0.519. The normalized spacial score (nSPS) is 11.6. The molecule has 5 nitrogen and oxygen atoms in total. The molecule has 0 aliphatic heterocycles. The van der Waals surface area contributed by atoms with Gasteiger partial charge in [0.1, 0.15) is 11.4 Å². The third-order valence-electron chi connectivity index (χ3n) is 4.61. The average Bonchev–Trinajstić information content (AvgIpc) is 3.38. The van der Waals surface area contributed by atoms with Crippen LogP contribution in [0.25, 0.3) is 11.5 Å². The number of nitrogens with zero attached hydrogens (tertiary/aromatic N) is 2. The second-order valence-electron chi connectivity index (χ2n) is 6.77. The fourth-order valence-corrected chi connectivity index (χ4v) is 2.99. The van der Waals surface area contributed by atoms with Crippen LogP contribution >= 0.6 is 0 Å². The van der Waals surface area contributed by atoms with E-state index >= 15 is 0 Å². The lowest BCUT2D eigenvalue weighted by atomic mass is 9.86. The lowest BCUT2D eigenvalue weighted by Crippen LogP contribution is -2.09. The fourth-order valence-electron chi connectivity index (χ4n) is 2.99. The van der Waals surface area contributed by atoms with E-state index < -0.39 is 0 Å². The Kier molecular flexibility index (Phi) is 21.2. The Bertz CT molecular complexity index is 725. The molecule has 180 valence electrons. The molecule has 0 aliphatic carbocycles. The van der Waals surface area contributed by atoms with E-state index in [0.717, 1.165) is 5.92 Å². The van der Waals surface area contributed by atoms with Crippen LogP contribution in [0.2, 0.25) is 0 Å². The Balaban J connectivity index is 0. The summed E-state index contributed by atoms with van der Waals surface area (Å²) >= 11 is 0. The minimum Gasteiger partial charge on any atom is -0.463 e.